The summed E-state index contributed by atoms with van der Waals surface area (Å²) in [5.74, 6) is 0.110. The third-order valence-corrected chi connectivity index (χ3v) is 5.59. The van der Waals surface area contributed by atoms with E-state index in [0.29, 0.717) is 17.0 Å². The smallest absolute Gasteiger partial charge is 0.411 e. The van der Waals surface area contributed by atoms with Crippen LogP contribution in [0, 0.1) is 5.92 Å². The zero-order chi connectivity index (χ0) is 21.7. The summed E-state index contributed by atoms with van der Waals surface area (Å²) in [6, 6.07) is 9.45. The second-order valence-corrected chi connectivity index (χ2v) is 7.52. The summed E-state index contributed by atoms with van der Waals surface area (Å²) in [5.41, 5.74) is 1.24. The fraction of sp³-hybridized carbons (Fsp3) is 0.409. The number of nitrogens with one attached hydrogen (secondary N) is 2. The number of anilines is 1. The molecule has 8 heteroatoms. The van der Waals surface area contributed by atoms with Gasteiger partial charge in [-0.1, -0.05) is 19.3 Å². The van der Waals surface area contributed by atoms with E-state index in [2.05, 4.69) is 10.6 Å². The molecule has 0 aliphatic heterocycles. The molecule has 8 nitrogen and oxygen atoms in total. The third-order valence-electron chi connectivity index (χ3n) is 5.59. The van der Waals surface area contributed by atoms with Gasteiger partial charge in [-0.3, -0.25) is 14.5 Å². The lowest BCUT2D eigenvalue weighted by Crippen LogP contribution is -2.50. The van der Waals surface area contributed by atoms with Crippen molar-refractivity contribution in [2.75, 3.05) is 19.0 Å². The minimum absolute atomic E-state index is 0.121. The number of carboxylic acid groups (broad SMARTS) is 1. The number of hydrogen-bond acceptors (Lipinski definition) is 4. The highest BCUT2D eigenvalue weighted by atomic mass is 16.4. The molecule has 1 saturated carbocycles. The molecule has 1 aromatic heterocycles. The highest BCUT2D eigenvalue weighted by molar-refractivity contribution is 5.96. The van der Waals surface area contributed by atoms with Crippen molar-refractivity contribution < 1.29 is 23.9 Å². The van der Waals surface area contributed by atoms with Crippen LogP contribution in [0.2, 0.25) is 0 Å². The Bertz CT molecular complexity index is 900. The quantitative estimate of drug-likeness (QED) is 0.671. The van der Waals surface area contributed by atoms with Crippen LogP contribution < -0.4 is 15.5 Å². The Morgan fingerprint density at radius 1 is 1.07 bits per heavy atom. The van der Waals surface area contributed by atoms with Crippen LogP contribution in [0.4, 0.5) is 10.5 Å². The van der Waals surface area contributed by atoms with Crippen molar-refractivity contribution in [3.8, 4) is 11.3 Å². The maximum absolute atomic E-state index is 12.7. The molecule has 1 atom stereocenters. The number of furan rings is 1. The van der Waals surface area contributed by atoms with Gasteiger partial charge in [0.1, 0.15) is 11.8 Å². The Balaban J connectivity index is 1.72. The third kappa shape index (κ3) is 4.82. The van der Waals surface area contributed by atoms with Gasteiger partial charge in [0.15, 0.2) is 5.76 Å². The monoisotopic (exact) mass is 413 g/mol. The molecule has 0 unspecified atom stereocenters. The largest absolute Gasteiger partial charge is 0.465 e. The van der Waals surface area contributed by atoms with Crippen molar-refractivity contribution in [3.05, 3.63) is 42.2 Å². The second-order valence-electron chi connectivity index (χ2n) is 7.52. The molecular weight excluding hydrogens is 386 g/mol. The lowest BCUT2D eigenvalue weighted by Gasteiger charge is -2.29. The van der Waals surface area contributed by atoms with E-state index < -0.39 is 18.0 Å². The maximum Gasteiger partial charge on any atom is 0.411 e. The van der Waals surface area contributed by atoms with Gasteiger partial charge < -0.3 is 20.2 Å². The first kappa shape index (κ1) is 21.4. The average molecular weight is 413 g/mol. The molecule has 2 aromatic rings. The predicted octanol–water partition coefficient (Wildman–Crippen LogP) is 3.49. The van der Waals surface area contributed by atoms with Gasteiger partial charge in [0.2, 0.25) is 5.91 Å². The summed E-state index contributed by atoms with van der Waals surface area (Å²) >= 11 is 0. The number of benzene rings is 1. The first-order chi connectivity index (χ1) is 14.4. The molecule has 0 saturated heterocycles. The Labute approximate surface area is 175 Å². The Morgan fingerprint density at radius 3 is 2.33 bits per heavy atom. The van der Waals surface area contributed by atoms with Gasteiger partial charge in [0.05, 0.1) is 0 Å². The Morgan fingerprint density at radius 2 is 1.73 bits per heavy atom. The number of carbonyl (C=O) groups is 3. The molecule has 0 radical (unpaired) electrons. The first-order valence-corrected chi connectivity index (χ1v) is 10.1. The molecule has 3 amide bonds. The predicted molar refractivity (Wildman–Crippen MR) is 112 cm³/mol. The number of hydrogen-bond donors (Lipinski definition) is 3. The number of carbonyl (C=O) groups excluding carboxylic acids is 2. The lowest BCUT2D eigenvalue weighted by molar-refractivity contribution is -0.124. The zero-order valence-corrected chi connectivity index (χ0v) is 17.2. The van der Waals surface area contributed by atoms with Crippen molar-refractivity contribution in [2.45, 2.75) is 38.1 Å². The van der Waals surface area contributed by atoms with Crippen LogP contribution in [0.1, 0.15) is 42.7 Å². The lowest BCUT2D eigenvalue weighted by atomic mass is 9.83. The molecule has 160 valence electrons. The molecule has 1 fully saturated rings. The average Bonchev–Trinajstić information content (AvgIpc) is 3.27. The van der Waals surface area contributed by atoms with Gasteiger partial charge in [-0.25, -0.2) is 4.79 Å². The molecular formula is C22H27N3O5. The van der Waals surface area contributed by atoms with Crippen LogP contribution in [0.15, 0.2) is 40.8 Å². The van der Waals surface area contributed by atoms with Gasteiger partial charge >= 0.3 is 6.09 Å². The SMILES string of the molecule is CNC(=O)[C@@H](NC(=O)c1ccc(-c2ccc(N(C)C(=O)O)cc2)o1)C1CCCCC1. The van der Waals surface area contributed by atoms with Gasteiger partial charge in [-0.15, -0.1) is 0 Å². The summed E-state index contributed by atoms with van der Waals surface area (Å²) in [5, 5.41) is 14.5. The van der Waals surface area contributed by atoms with Crippen LogP contribution >= 0.6 is 0 Å². The van der Waals surface area contributed by atoms with Crippen molar-refractivity contribution in [3.63, 3.8) is 0 Å². The van der Waals surface area contributed by atoms with Crippen molar-refractivity contribution >= 4 is 23.6 Å². The Kier molecular flexibility index (Phi) is 6.76. The highest BCUT2D eigenvalue weighted by Gasteiger charge is 2.31. The maximum atomic E-state index is 12.7. The minimum atomic E-state index is -1.05. The fourth-order valence-electron chi connectivity index (χ4n) is 3.81. The molecule has 1 heterocycles. The van der Waals surface area contributed by atoms with E-state index in [9.17, 15) is 14.4 Å². The molecule has 0 spiro atoms. The zero-order valence-electron chi connectivity index (χ0n) is 17.2. The number of amides is 3. The highest BCUT2D eigenvalue weighted by Crippen LogP contribution is 2.28. The fourth-order valence-corrected chi connectivity index (χ4v) is 3.81. The summed E-state index contributed by atoms with van der Waals surface area (Å²) in [4.78, 5) is 37.2. The van der Waals surface area contributed by atoms with Crippen LogP contribution in [0.3, 0.4) is 0 Å². The summed E-state index contributed by atoms with van der Waals surface area (Å²) in [6.45, 7) is 0. The molecule has 1 aliphatic rings. The van der Waals surface area contributed by atoms with Gasteiger partial charge in [-0.2, -0.15) is 0 Å². The van der Waals surface area contributed by atoms with E-state index in [-0.39, 0.29) is 17.6 Å². The van der Waals surface area contributed by atoms with E-state index in [0.717, 1.165) is 37.0 Å². The molecule has 1 aliphatic carbocycles. The van der Waals surface area contributed by atoms with E-state index in [1.807, 2.05) is 0 Å². The van der Waals surface area contributed by atoms with E-state index in [4.69, 9.17) is 9.52 Å². The van der Waals surface area contributed by atoms with Crippen molar-refractivity contribution in [1.82, 2.24) is 10.6 Å². The number of nitrogens with zero attached hydrogens (tertiary/aromatic N) is 1. The van der Waals surface area contributed by atoms with E-state index in [1.54, 1.807) is 43.4 Å². The second kappa shape index (κ2) is 9.47. The standard InChI is InChI=1S/C22H27N3O5/c1-23-21(27)19(15-6-4-3-5-7-15)24-20(26)18-13-12-17(30-18)14-8-10-16(11-9-14)25(2)22(28)29/h8-13,15,19H,3-7H2,1-2H3,(H,23,27)(H,24,26)(H,28,29)/t19-/m0/s1. The van der Waals surface area contributed by atoms with Crippen molar-refractivity contribution in [1.29, 1.82) is 0 Å². The van der Waals surface area contributed by atoms with Crippen LogP contribution in [-0.4, -0.2) is 43.2 Å². The molecule has 1 aromatic carbocycles. The van der Waals surface area contributed by atoms with E-state index >= 15 is 0 Å². The normalized spacial score (nSPS) is 15.3. The van der Waals surface area contributed by atoms with Gasteiger partial charge in [0, 0.05) is 25.3 Å². The summed E-state index contributed by atoms with van der Waals surface area (Å²) in [7, 11) is 3.03. The molecule has 3 rings (SSSR count). The Hall–Kier alpha value is -3.29. The number of likely N-dealkylation sites (N-methyl/N-ethyl adjacent to an activating group) is 1. The summed E-state index contributed by atoms with van der Waals surface area (Å²) < 4.78 is 5.71. The van der Waals surface area contributed by atoms with Crippen molar-refractivity contribution in [2.24, 2.45) is 5.92 Å². The molecule has 0 bridgehead atoms. The first-order valence-electron chi connectivity index (χ1n) is 10.1. The molecule has 30 heavy (non-hydrogen) atoms. The van der Waals surface area contributed by atoms with Crippen LogP contribution in [0.25, 0.3) is 11.3 Å². The van der Waals surface area contributed by atoms with Gasteiger partial charge in [-0.05, 0) is 55.2 Å². The number of rotatable bonds is 6. The van der Waals surface area contributed by atoms with Gasteiger partial charge in [0.25, 0.3) is 5.91 Å². The minimum Gasteiger partial charge on any atom is -0.465 e. The van der Waals surface area contributed by atoms with Crippen LogP contribution in [0.5, 0.6) is 0 Å². The summed E-state index contributed by atoms with van der Waals surface area (Å²) in [6.07, 6.45) is 4.06. The topological polar surface area (TPSA) is 112 Å². The van der Waals surface area contributed by atoms with Crippen LogP contribution in [-0.2, 0) is 4.79 Å². The molecule has 3 N–H and O–H groups in total. The van der Waals surface area contributed by atoms with E-state index in [1.165, 1.54) is 7.05 Å².